The van der Waals surface area contributed by atoms with Gasteiger partial charge in [0.1, 0.15) is 5.82 Å². The molecule has 0 amide bonds. The Kier molecular flexibility index (Phi) is 5.24. The van der Waals surface area contributed by atoms with Crippen LogP contribution in [0, 0.1) is 24.1 Å². The van der Waals surface area contributed by atoms with Gasteiger partial charge in [0.25, 0.3) is 0 Å². The van der Waals surface area contributed by atoms with E-state index in [0.29, 0.717) is 36.5 Å². The van der Waals surface area contributed by atoms with Crippen molar-refractivity contribution in [1.82, 2.24) is 5.32 Å². The molecule has 1 rings (SSSR count). The highest BCUT2D eigenvalue weighted by atomic mass is 35.5. The Labute approximate surface area is 100 Å². The van der Waals surface area contributed by atoms with Crippen LogP contribution >= 0.6 is 11.6 Å². The molecule has 0 spiro atoms. The molecule has 0 unspecified atom stereocenters. The summed E-state index contributed by atoms with van der Waals surface area (Å²) in [7, 11) is 0. The van der Waals surface area contributed by atoms with E-state index in [0.717, 1.165) is 5.56 Å². The van der Waals surface area contributed by atoms with Crippen molar-refractivity contribution in [2.45, 2.75) is 19.8 Å². The second kappa shape index (κ2) is 6.47. The highest BCUT2D eigenvalue weighted by Gasteiger charge is 2.05. The van der Waals surface area contributed by atoms with Gasteiger partial charge in [0, 0.05) is 18.0 Å². The number of hydrogen-bond acceptors (Lipinski definition) is 2. The maximum Gasteiger partial charge on any atom is 0.126 e. The van der Waals surface area contributed by atoms with Gasteiger partial charge in [-0.2, -0.15) is 5.26 Å². The number of halogens is 2. The second-order valence-corrected chi connectivity index (χ2v) is 4.01. The predicted molar refractivity (Wildman–Crippen MR) is 63.0 cm³/mol. The van der Waals surface area contributed by atoms with Crippen LogP contribution in [0.15, 0.2) is 12.1 Å². The van der Waals surface area contributed by atoms with Crippen molar-refractivity contribution in [2.24, 2.45) is 0 Å². The SMILES string of the molecule is Cc1cc(Cl)c(CCNCCC#N)cc1F. The van der Waals surface area contributed by atoms with Crippen molar-refractivity contribution < 1.29 is 4.39 Å². The van der Waals surface area contributed by atoms with E-state index < -0.39 is 0 Å². The van der Waals surface area contributed by atoms with Crippen LogP contribution in [0.2, 0.25) is 5.02 Å². The Balaban J connectivity index is 2.48. The number of nitrogens with one attached hydrogen (secondary N) is 1. The fraction of sp³-hybridized carbons (Fsp3) is 0.417. The first-order valence-corrected chi connectivity index (χ1v) is 5.55. The van der Waals surface area contributed by atoms with E-state index in [2.05, 4.69) is 5.32 Å². The van der Waals surface area contributed by atoms with E-state index in [9.17, 15) is 4.39 Å². The van der Waals surface area contributed by atoms with Crippen LogP contribution in [-0.2, 0) is 6.42 Å². The molecule has 0 heterocycles. The minimum atomic E-state index is -0.226. The Hall–Kier alpha value is -1.11. The van der Waals surface area contributed by atoms with Gasteiger partial charge in [-0.3, -0.25) is 0 Å². The maximum atomic E-state index is 13.3. The molecule has 1 aromatic rings. The number of nitrogens with zero attached hydrogens (tertiary/aromatic N) is 1. The Bertz CT molecular complexity index is 399. The van der Waals surface area contributed by atoms with Gasteiger partial charge in [-0.05, 0) is 43.1 Å². The monoisotopic (exact) mass is 240 g/mol. The van der Waals surface area contributed by atoms with Crippen LogP contribution < -0.4 is 5.32 Å². The van der Waals surface area contributed by atoms with Gasteiger partial charge in [-0.15, -0.1) is 0 Å². The van der Waals surface area contributed by atoms with Crippen LogP contribution in [0.1, 0.15) is 17.5 Å². The topological polar surface area (TPSA) is 35.8 Å². The van der Waals surface area contributed by atoms with Crippen LogP contribution in [-0.4, -0.2) is 13.1 Å². The average Bonchev–Trinajstić information content (AvgIpc) is 2.25. The van der Waals surface area contributed by atoms with Crippen molar-refractivity contribution in [1.29, 1.82) is 5.26 Å². The standard InChI is InChI=1S/C12H14ClFN2/c1-9-7-11(13)10(8-12(9)14)3-6-16-5-2-4-15/h7-8,16H,2-3,5-6H2,1H3. The summed E-state index contributed by atoms with van der Waals surface area (Å²) in [5, 5.41) is 12.0. The summed E-state index contributed by atoms with van der Waals surface area (Å²) in [6, 6.07) is 5.16. The molecular weight excluding hydrogens is 227 g/mol. The summed E-state index contributed by atoms with van der Waals surface area (Å²) < 4.78 is 13.3. The number of nitriles is 1. The molecule has 16 heavy (non-hydrogen) atoms. The van der Waals surface area contributed by atoms with Crippen LogP contribution in [0.4, 0.5) is 4.39 Å². The molecule has 0 aliphatic heterocycles. The molecule has 2 nitrogen and oxygen atoms in total. The van der Waals surface area contributed by atoms with Crippen LogP contribution in [0.5, 0.6) is 0 Å². The summed E-state index contributed by atoms with van der Waals surface area (Å²) in [5.74, 6) is -0.226. The van der Waals surface area contributed by atoms with E-state index in [4.69, 9.17) is 16.9 Å². The lowest BCUT2D eigenvalue weighted by Gasteiger charge is -2.07. The molecule has 0 fully saturated rings. The predicted octanol–water partition coefficient (Wildman–Crippen LogP) is 2.83. The van der Waals surface area contributed by atoms with Gasteiger partial charge in [0.2, 0.25) is 0 Å². The second-order valence-electron chi connectivity index (χ2n) is 3.60. The number of aryl methyl sites for hydroxylation is 1. The summed E-state index contributed by atoms with van der Waals surface area (Å²) in [6.45, 7) is 3.04. The lowest BCUT2D eigenvalue weighted by Crippen LogP contribution is -2.18. The van der Waals surface area contributed by atoms with E-state index in [1.54, 1.807) is 13.0 Å². The van der Waals surface area contributed by atoms with Gasteiger partial charge in [-0.1, -0.05) is 11.6 Å². The molecule has 0 saturated carbocycles. The Morgan fingerprint density at radius 2 is 2.19 bits per heavy atom. The van der Waals surface area contributed by atoms with Gasteiger partial charge in [0.05, 0.1) is 6.07 Å². The third kappa shape index (κ3) is 3.80. The van der Waals surface area contributed by atoms with Crippen LogP contribution in [0.3, 0.4) is 0 Å². The summed E-state index contributed by atoms with van der Waals surface area (Å²) in [5.41, 5.74) is 1.36. The lowest BCUT2D eigenvalue weighted by molar-refractivity contribution is 0.614. The zero-order chi connectivity index (χ0) is 12.0. The van der Waals surface area contributed by atoms with Gasteiger partial charge >= 0.3 is 0 Å². The molecule has 0 aromatic heterocycles. The zero-order valence-electron chi connectivity index (χ0n) is 9.19. The Morgan fingerprint density at radius 3 is 2.88 bits per heavy atom. The normalized spacial score (nSPS) is 10.1. The smallest absolute Gasteiger partial charge is 0.126 e. The highest BCUT2D eigenvalue weighted by molar-refractivity contribution is 6.31. The first kappa shape index (κ1) is 13.0. The molecule has 0 atom stereocenters. The summed E-state index contributed by atoms with van der Waals surface area (Å²) in [4.78, 5) is 0. The molecule has 0 aliphatic carbocycles. The molecular formula is C12H14ClFN2. The largest absolute Gasteiger partial charge is 0.315 e. The molecule has 1 N–H and O–H groups in total. The van der Waals surface area contributed by atoms with E-state index >= 15 is 0 Å². The molecule has 0 radical (unpaired) electrons. The highest BCUT2D eigenvalue weighted by Crippen LogP contribution is 2.20. The molecule has 0 aliphatic rings. The van der Waals surface area contributed by atoms with Crippen molar-refractivity contribution >= 4 is 11.6 Å². The molecule has 0 saturated heterocycles. The summed E-state index contributed by atoms with van der Waals surface area (Å²) in [6.07, 6.45) is 1.15. The van der Waals surface area contributed by atoms with E-state index in [-0.39, 0.29) is 5.82 Å². The minimum Gasteiger partial charge on any atom is -0.315 e. The fourth-order valence-corrected chi connectivity index (χ4v) is 1.68. The van der Waals surface area contributed by atoms with Gasteiger partial charge in [0.15, 0.2) is 0 Å². The van der Waals surface area contributed by atoms with Crippen molar-refractivity contribution in [3.05, 3.63) is 34.1 Å². The molecule has 0 bridgehead atoms. The third-order valence-electron chi connectivity index (χ3n) is 2.31. The number of hydrogen-bond donors (Lipinski definition) is 1. The zero-order valence-corrected chi connectivity index (χ0v) is 9.94. The first-order chi connectivity index (χ1) is 7.65. The fourth-order valence-electron chi connectivity index (χ4n) is 1.37. The minimum absolute atomic E-state index is 0.226. The van der Waals surface area contributed by atoms with Crippen LogP contribution in [0.25, 0.3) is 0 Å². The number of benzene rings is 1. The quantitative estimate of drug-likeness (QED) is 0.804. The third-order valence-corrected chi connectivity index (χ3v) is 2.66. The lowest BCUT2D eigenvalue weighted by atomic mass is 10.1. The van der Waals surface area contributed by atoms with Gasteiger partial charge in [-0.25, -0.2) is 4.39 Å². The van der Waals surface area contributed by atoms with E-state index in [1.165, 1.54) is 6.07 Å². The summed E-state index contributed by atoms with van der Waals surface area (Å²) >= 11 is 5.99. The molecule has 4 heteroatoms. The maximum absolute atomic E-state index is 13.3. The van der Waals surface area contributed by atoms with Crippen molar-refractivity contribution in [3.63, 3.8) is 0 Å². The van der Waals surface area contributed by atoms with Crippen molar-refractivity contribution in [3.8, 4) is 6.07 Å². The molecule has 1 aromatic carbocycles. The van der Waals surface area contributed by atoms with Gasteiger partial charge < -0.3 is 5.32 Å². The van der Waals surface area contributed by atoms with E-state index in [1.807, 2.05) is 6.07 Å². The number of rotatable bonds is 5. The Morgan fingerprint density at radius 1 is 1.44 bits per heavy atom. The first-order valence-electron chi connectivity index (χ1n) is 5.17. The van der Waals surface area contributed by atoms with Crippen molar-refractivity contribution in [2.75, 3.05) is 13.1 Å². The molecule has 86 valence electrons. The average molecular weight is 241 g/mol.